The molecule has 1 N–H and O–H groups in total. The summed E-state index contributed by atoms with van der Waals surface area (Å²) in [4.78, 5) is 35.0. The van der Waals surface area contributed by atoms with Crippen molar-refractivity contribution < 1.29 is 14.4 Å². The molecule has 1 aromatic rings. The van der Waals surface area contributed by atoms with Gasteiger partial charge < -0.3 is 5.32 Å². The van der Waals surface area contributed by atoms with E-state index in [1.165, 1.54) is 6.07 Å². The number of Topliss-reactive ketones (excluding diaryl/α,β-unsaturated/α-hetero) is 2. The van der Waals surface area contributed by atoms with Gasteiger partial charge in [0.2, 0.25) is 5.91 Å². The maximum absolute atomic E-state index is 11.8. The quantitative estimate of drug-likeness (QED) is 0.771. The number of anilines is 1. The Hall–Kier alpha value is -1.39. The van der Waals surface area contributed by atoms with Crippen molar-refractivity contribution in [2.75, 3.05) is 5.32 Å². The Balaban J connectivity index is 2.53. The van der Waals surface area contributed by atoms with Crippen molar-refractivity contribution in [2.45, 2.75) is 33.1 Å². The fourth-order valence-corrected chi connectivity index (χ4v) is 2.08. The average Bonchev–Trinajstić information content (AvgIpc) is 2.46. The van der Waals surface area contributed by atoms with E-state index >= 15 is 0 Å². The van der Waals surface area contributed by atoms with Crippen LogP contribution in [0.15, 0.2) is 18.2 Å². The molecule has 0 aliphatic heterocycles. The number of halogens is 2. The molecule has 0 radical (unpaired) electrons. The first-order valence-electron chi connectivity index (χ1n) is 6.65. The van der Waals surface area contributed by atoms with Crippen LogP contribution in [0.25, 0.3) is 0 Å². The van der Waals surface area contributed by atoms with Gasteiger partial charge in [-0.3, -0.25) is 14.4 Å². The van der Waals surface area contributed by atoms with E-state index in [2.05, 4.69) is 5.32 Å². The maximum Gasteiger partial charge on any atom is 0.224 e. The minimum Gasteiger partial charge on any atom is -0.325 e. The van der Waals surface area contributed by atoms with Crippen molar-refractivity contribution in [3.8, 4) is 0 Å². The van der Waals surface area contributed by atoms with Crippen LogP contribution in [-0.2, 0) is 14.4 Å². The van der Waals surface area contributed by atoms with Crippen LogP contribution in [0.1, 0.15) is 33.1 Å². The van der Waals surface area contributed by atoms with E-state index in [0.29, 0.717) is 22.2 Å². The normalized spacial score (nSPS) is 11.8. The Morgan fingerprint density at radius 3 is 2.43 bits per heavy atom. The summed E-state index contributed by atoms with van der Waals surface area (Å²) in [7, 11) is 0. The van der Waals surface area contributed by atoms with Crippen molar-refractivity contribution in [2.24, 2.45) is 5.92 Å². The van der Waals surface area contributed by atoms with Crippen molar-refractivity contribution in [3.63, 3.8) is 0 Å². The number of carbonyl (C=O) groups is 3. The molecule has 4 nitrogen and oxygen atoms in total. The van der Waals surface area contributed by atoms with Gasteiger partial charge in [0.15, 0.2) is 0 Å². The number of amides is 1. The number of rotatable bonds is 7. The molecule has 0 aromatic heterocycles. The molecule has 0 bridgehead atoms. The van der Waals surface area contributed by atoms with Gasteiger partial charge in [-0.1, -0.05) is 30.1 Å². The Labute approximate surface area is 133 Å². The van der Waals surface area contributed by atoms with E-state index in [9.17, 15) is 14.4 Å². The van der Waals surface area contributed by atoms with E-state index in [4.69, 9.17) is 23.2 Å². The molecule has 1 atom stereocenters. The summed E-state index contributed by atoms with van der Waals surface area (Å²) < 4.78 is 0. The van der Waals surface area contributed by atoms with Crippen LogP contribution in [0, 0.1) is 5.92 Å². The fraction of sp³-hybridized carbons (Fsp3) is 0.400. The van der Waals surface area contributed by atoms with Gasteiger partial charge in [0.1, 0.15) is 11.6 Å². The number of nitrogens with one attached hydrogen (secondary N) is 1. The molecule has 114 valence electrons. The van der Waals surface area contributed by atoms with E-state index in [-0.39, 0.29) is 30.3 Å². The highest BCUT2D eigenvalue weighted by molar-refractivity contribution is 6.35. The zero-order chi connectivity index (χ0) is 16.0. The van der Waals surface area contributed by atoms with Gasteiger partial charge in [0.25, 0.3) is 0 Å². The predicted octanol–water partition coefficient (Wildman–Crippen LogP) is 3.90. The van der Waals surface area contributed by atoms with Crippen molar-refractivity contribution in [3.05, 3.63) is 28.2 Å². The predicted molar refractivity (Wildman–Crippen MR) is 83.8 cm³/mol. The van der Waals surface area contributed by atoms with Crippen LogP contribution in [0.5, 0.6) is 0 Å². The SMILES string of the molecule is CCC(=O)[C@@H](C)C(=O)CCC(=O)Nc1cc(Cl)ccc1Cl. The number of benzene rings is 1. The van der Waals surface area contributed by atoms with Crippen LogP contribution in [0.4, 0.5) is 5.69 Å². The van der Waals surface area contributed by atoms with Crippen molar-refractivity contribution in [1.82, 2.24) is 0 Å². The number of carbonyl (C=O) groups excluding carboxylic acids is 3. The van der Waals surface area contributed by atoms with E-state index in [1.54, 1.807) is 26.0 Å². The molecular formula is C15H17Cl2NO3. The topological polar surface area (TPSA) is 63.2 Å². The molecule has 0 aliphatic carbocycles. The van der Waals surface area contributed by atoms with Gasteiger partial charge in [-0.2, -0.15) is 0 Å². The molecular weight excluding hydrogens is 313 g/mol. The van der Waals surface area contributed by atoms with Crippen LogP contribution in [0.2, 0.25) is 10.0 Å². The van der Waals surface area contributed by atoms with Crippen molar-refractivity contribution in [1.29, 1.82) is 0 Å². The summed E-state index contributed by atoms with van der Waals surface area (Å²) in [5, 5.41) is 3.42. The Morgan fingerprint density at radius 1 is 1.14 bits per heavy atom. The second kappa shape index (κ2) is 8.15. The molecule has 1 rings (SSSR count). The molecule has 0 unspecified atom stereocenters. The summed E-state index contributed by atoms with van der Waals surface area (Å²) in [6.07, 6.45) is 0.344. The van der Waals surface area contributed by atoms with E-state index in [1.807, 2.05) is 0 Å². The van der Waals surface area contributed by atoms with Gasteiger partial charge >= 0.3 is 0 Å². The van der Waals surface area contributed by atoms with Gasteiger partial charge in [0, 0.05) is 24.3 Å². The summed E-state index contributed by atoms with van der Waals surface area (Å²) >= 11 is 11.7. The van der Waals surface area contributed by atoms with Crippen molar-refractivity contribution >= 4 is 46.4 Å². The third kappa shape index (κ3) is 5.48. The maximum atomic E-state index is 11.8. The third-order valence-electron chi connectivity index (χ3n) is 3.12. The average molecular weight is 330 g/mol. The molecule has 6 heteroatoms. The summed E-state index contributed by atoms with van der Waals surface area (Å²) in [5.41, 5.74) is 0.402. The Morgan fingerprint density at radius 2 is 1.81 bits per heavy atom. The Kier molecular flexibility index (Phi) is 6.85. The first-order chi connectivity index (χ1) is 9.85. The second-order valence-electron chi connectivity index (χ2n) is 4.68. The third-order valence-corrected chi connectivity index (χ3v) is 3.68. The highest BCUT2D eigenvalue weighted by atomic mass is 35.5. The molecule has 1 aromatic carbocycles. The Bertz CT molecular complexity index is 558. The number of hydrogen-bond donors (Lipinski definition) is 1. The number of hydrogen-bond acceptors (Lipinski definition) is 3. The largest absolute Gasteiger partial charge is 0.325 e. The minimum absolute atomic E-state index is 0.00299. The molecule has 0 heterocycles. The molecule has 0 fully saturated rings. The highest BCUT2D eigenvalue weighted by Crippen LogP contribution is 2.25. The summed E-state index contributed by atoms with van der Waals surface area (Å²) in [5.74, 6) is -1.34. The first kappa shape index (κ1) is 17.7. The molecule has 21 heavy (non-hydrogen) atoms. The molecule has 0 saturated carbocycles. The fourth-order valence-electron chi connectivity index (χ4n) is 1.74. The van der Waals surface area contributed by atoms with Gasteiger partial charge in [-0.25, -0.2) is 0 Å². The monoisotopic (exact) mass is 329 g/mol. The highest BCUT2D eigenvalue weighted by Gasteiger charge is 2.20. The zero-order valence-electron chi connectivity index (χ0n) is 11.9. The molecule has 0 aliphatic rings. The lowest BCUT2D eigenvalue weighted by Crippen LogP contribution is -2.22. The number of ketones is 2. The van der Waals surface area contributed by atoms with Crippen LogP contribution >= 0.6 is 23.2 Å². The van der Waals surface area contributed by atoms with Crippen LogP contribution in [0.3, 0.4) is 0 Å². The lowest BCUT2D eigenvalue weighted by atomic mass is 9.96. The lowest BCUT2D eigenvalue weighted by Gasteiger charge is -2.09. The van der Waals surface area contributed by atoms with Crippen LogP contribution in [-0.4, -0.2) is 17.5 Å². The molecule has 1 amide bonds. The minimum atomic E-state index is -0.655. The smallest absolute Gasteiger partial charge is 0.224 e. The molecule has 0 saturated heterocycles. The summed E-state index contributed by atoms with van der Waals surface area (Å²) in [6, 6.07) is 4.72. The zero-order valence-corrected chi connectivity index (χ0v) is 13.4. The standard InChI is InChI=1S/C15H17Cl2NO3/c1-3-13(19)9(2)14(20)6-7-15(21)18-12-8-10(16)4-5-11(12)17/h4-5,8-9H,3,6-7H2,1-2H3,(H,18,21)/t9-/m1/s1. The van der Waals surface area contributed by atoms with Gasteiger partial charge in [-0.15, -0.1) is 0 Å². The van der Waals surface area contributed by atoms with Crippen LogP contribution < -0.4 is 5.32 Å². The second-order valence-corrected chi connectivity index (χ2v) is 5.52. The van der Waals surface area contributed by atoms with E-state index < -0.39 is 5.92 Å². The van der Waals surface area contributed by atoms with Gasteiger partial charge in [0.05, 0.1) is 16.6 Å². The summed E-state index contributed by atoms with van der Waals surface area (Å²) in [6.45, 7) is 3.28. The first-order valence-corrected chi connectivity index (χ1v) is 7.41. The lowest BCUT2D eigenvalue weighted by molar-refractivity contribution is -0.133. The van der Waals surface area contributed by atoms with Gasteiger partial charge in [-0.05, 0) is 25.1 Å². The van der Waals surface area contributed by atoms with E-state index in [0.717, 1.165) is 0 Å². The molecule has 0 spiro atoms.